The first kappa shape index (κ1) is 28.3. The second-order valence-electron chi connectivity index (χ2n) is 7.50. The Morgan fingerprint density at radius 2 is 1.39 bits per heavy atom. The zero-order chi connectivity index (χ0) is 28.1. The van der Waals surface area contributed by atoms with Gasteiger partial charge in [-0.05, 0) is 54.1 Å². The summed E-state index contributed by atoms with van der Waals surface area (Å²) in [4.78, 5) is -0.350. The van der Waals surface area contributed by atoms with Crippen LogP contribution in [0.5, 0.6) is 34.5 Å². The number of alkyl halides is 3. The minimum Gasteiger partial charge on any atom is -0.504 e. The largest absolute Gasteiger partial charge is 0.573 e. The number of hydrogen-bond donors (Lipinski definition) is 2. The Balaban J connectivity index is 2.01. The average molecular weight is 556 g/mol. The van der Waals surface area contributed by atoms with E-state index in [2.05, 4.69) is 9.46 Å². The Bertz CT molecular complexity index is 1400. The number of halogens is 3. The molecule has 2 N–H and O–H groups in total. The van der Waals surface area contributed by atoms with Crippen molar-refractivity contribution in [1.29, 1.82) is 0 Å². The van der Waals surface area contributed by atoms with Crippen LogP contribution in [0.25, 0.3) is 12.2 Å². The molecule has 38 heavy (non-hydrogen) atoms. The summed E-state index contributed by atoms with van der Waals surface area (Å²) in [6, 6.07) is 9.74. The zero-order valence-corrected chi connectivity index (χ0v) is 21.4. The van der Waals surface area contributed by atoms with E-state index in [0.29, 0.717) is 28.4 Å². The van der Waals surface area contributed by atoms with Crippen LogP contribution in [0, 0.1) is 0 Å². The van der Waals surface area contributed by atoms with Crippen molar-refractivity contribution < 1.29 is 50.4 Å². The molecule has 13 heteroatoms. The van der Waals surface area contributed by atoms with Crippen LogP contribution in [-0.2, 0) is 10.0 Å². The molecule has 0 aliphatic carbocycles. The third-order valence-electron chi connectivity index (χ3n) is 5.12. The van der Waals surface area contributed by atoms with Gasteiger partial charge in [0.2, 0.25) is 5.75 Å². The quantitative estimate of drug-likeness (QED) is 0.325. The van der Waals surface area contributed by atoms with Gasteiger partial charge < -0.3 is 28.8 Å². The molecule has 0 atom stereocenters. The molecule has 3 aromatic rings. The van der Waals surface area contributed by atoms with Gasteiger partial charge in [-0.15, -0.1) is 13.2 Å². The zero-order valence-electron chi connectivity index (χ0n) is 20.6. The molecule has 0 radical (unpaired) electrons. The van der Waals surface area contributed by atoms with Gasteiger partial charge in [0.15, 0.2) is 23.0 Å². The van der Waals surface area contributed by atoms with Gasteiger partial charge in [-0.25, -0.2) is 8.42 Å². The number of rotatable bonds is 10. The molecule has 0 fully saturated rings. The molecule has 0 saturated carbocycles. The van der Waals surface area contributed by atoms with Crippen molar-refractivity contribution in [2.45, 2.75) is 11.3 Å². The molecule has 0 spiro atoms. The molecule has 0 aromatic heterocycles. The number of sulfonamides is 1. The number of hydrogen-bond acceptors (Lipinski definition) is 8. The Hall–Kier alpha value is -4.26. The number of phenolic OH excluding ortho intramolecular Hbond substituents is 1. The van der Waals surface area contributed by atoms with E-state index in [4.69, 9.17) is 18.9 Å². The van der Waals surface area contributed by atoms with Gasteiger partial charge in [-0.3, -0.25) is 4.72 Å². The highest BCUT2D eigenvalue weighted by molar-refractivity contribution is 7.92. The van der Waals surface area contributed by atoms with Crippen molar-refractivity contribution >= 4 is 27.9 Å². The first-order valence-corrected chi connectivity index (χ1v) is 12.2. The van der Waals surface area contributed by atoms with Gasteiger partial charge >= 0.3 is 6.36 Å². The highest BCUT2D eigenvalue weighted by atomic mass is 32.2. The molecule has 9 nitrogen and oxygen atoms in total. The first-order valence-electron chi connectivity index (χ1n) is 10.7. The topological polar surface area (TPSA) is 113 Å². The summed E-state index contributed by atoms with van der Waals surface area (Å²) in [7, 11) is 1.30. The van der Waals surface area contributed by atoms with Crippen LogP contribution in [0.15, 0.2) is 53.4 Å². The maximum Gasteiger partial charge on any atom is 0.573 e. The number of methoxy groups -OCH3 is 4. The minimum atomic E-state index is -4.92. The summed E-state index contributed by atoms with van der Waals surface area (Å²) in [5, 5.41) is 10.3. The Labute approximate surface area is 217 Å². The molecular weight excluding hydrogens is 531 g/mol. The second kappa shape index (κ2) is 11.4. The van der Waals surface area contributed by atoms with Crippen LogP contribution >= 0.6 is 0 Å². The molecule has 0 aliphatic heterocycles. The maximum absolute atomic E-state index is 13.1. The highest BCUT2D eigenvalue weighted by Gasteiger charge is 2.31. The van der Waals surface area contributed by atoms with Crippen LogP contribution < -0.4 is 28.4 Å². The molecule has 0 aliphatic rings. The van der Waals surface area contributed by atoms with E-state index < -0.39 is 22.1 Å². The van der Waals surface area contributed by atoms with Crippen molar-refractivity contribution in [1.82, 2.24) is 0 Å². The predicted octanol–water partition coefficient (Wildman–Crippen LogP) is 5.30. The summed E-state index contributed by atoms with van der Waals surface area (Å²) >= 11 is 0. The van der Waals surface area contributed by atoms with Crippen molar-refractivity contribution in [2.75, 3.05) is 33.2 Å². The van der Waals surface area contributed by atoms with Gasteiger partial charge in [0.1, 0.15) is 11.4 Å². The van der Waals surface area contributed by atoms with Crippen LogP contribution in [0.4, 0.5) is 18.9 Å². The second-order valence-corrected chi connectivity index (χ2v) is 9.18. The van der Waals surface area contributed by atoms with E-state index in [1.165, 1.54) is 40.6 Å². The van der Waals surface area contributed by atoms with E-state index in [0.717, 1.165) is 24.3 Å². The van der Waals surface area contributed by atoms with Crippen molar-refractivity contribution in [2.24, 2.45) is 0 Å². The number of phenols is 1. The van der Waals surface area contributed by atoms with Gasteiger partial charge in [0, 0.05) is 5.56 Å². The summed E-state index contributed by atoms with van der Waals surface area (Å²) < 4.78 is 90.7. The molecule has 204 valence electrons. The minimum absolute atomic E-state index is 0.105. The Morgan fingerprint density at radius 1 is 0.816 bits per heavy atom. The lowest BCUT2D eigenvalue weighted by Crippen LogP contribution is -2.17. The van der Waals surface area contributed by atoms with Crippen LogP contribution in [0.2, 0.25) is 0 Å². The summed E-state index contributed by atoms with van der Waals surface area (Å²) in [5.41, 5.74) is 0.807. The number of aromatic hydroxyl groups is 1. The third kappa shape index (κ3) is 6.54. The van der Waals surface area contributed by atoms with Crippen LogP contribution in [0.1, 0.15) is 11.1 Å². The van der Waals surface area contributed by atoms with Crippen LogP contribution in [0.3, 0.4) is 0 Å². The first-order chi connectivity index (χ1) is 17.9. The third-order valence-corrected chi connectivity index (χ3v) is 6.49. The molecule has 0 saturated heterocycles. The van der Waals surface area contributed by atoms with Gasteiger partial charge in [-0.1, -0.05) is 12.2 Å². The maximum atomic E-state index is 13.1. The fraction of sp³-hybridized carbons (Fsp3) is 0.200. The Kier molecular flexibility index (Phi) is 8.51. The molecule has 0 bridgehead atoms. The lowest BCUT2D eigenvalue weighted by atomic mass is 10.1. The summed E-state index contributed by atoms with van der Waals surface area (Å²) in [5.74, 6) is 0.0861. The van der Waals surface area contributed by atoms with E-state index >= 15 is 0 Å². The fourth-order valence-electron chi connectivity index (χ4n) is 3.44. The summed E-state index contributed by atoms with van der Waals surface area (Å²) in [6.45, 7) is 0. The van der Waals surface area contributed by atoms with Gasteiger partial charge in [-0.2, -0.15) is 0 Å². The smallest absolute Gasteiger partial charge is 0.504 e. The van der Waals surface area contributed by atoms with E-state index in [-0.39, 0.29) is 22.1 Å². The van der Waals surface area contributed by atoms with Gasteiger partial charge in [0.05, 0.1) is 33.3 Å². The lowest BCUT2D eigenvalue weighted by Gasteiger charge is -2.16. The average Bonchev–Trinajstić information content (AvgIpc) is 2.86. The molecule has 3 rings (SSSR count). The number of ether oxygens (including phenoxy) is 5. The van der Waals surface area contributed by atoms with Crippen LogP contribution in [-0.4, -0.2) is 48.3 Å². The van der Waals surface area contributed by atoms with E-state index in [9.17, 15) is 26.7 Å². The highest BCUT2D eigenvalue weighted by Crippen LogP contribution is 2.41. The molecule has 0 unspecified atom stereocenters. The molecular formula is C25H24F3NO8S. The van der Waals surface area contributed by atoms with Gasteiger partial charge in [0.25, 0.3) is 10.0 Å². The summed E-state index contributed by atoms with van der Waals surface area (Å²) in [6.07, 6.45) is -1.73. The van der Waals surface area contributed by atoms with Crippen molar-refractivity contribution in [3.63, 3.8) is 0 Å². The fourth-order valence-corrected chi connectivity index (χ4v) is 4.53. The van der Waals surface area contributed by atoms with Crippen molar-refractivity contribution in [3.8, 4) is 34.5 Å². The SMILES string of the molecule is COc1cc(/C=C\c2ccc(O)c(OC)c2NS(=O)(=O)c2ccc(OC(F)(F)F)cc2)cc(OC)c1OC. The number of anilines is 1. The number of nitrogens with one attached hydrogen (secondary N) is 1. The normalized spacial score (nSPS) is 11.8. The van der Waals surface area contributed by atoms with E-state index in [1.807, 2.05) is 0 Å². The van der Waals surface area contributed by atoms with E-state index in [1.54, 1.807) is 24.3 Å². The monoisotopic (exact) mass is 555 g/mol. The standard InChI is InChI=1S/C25H24F3NO8S/c1-33-20-13-15(14-21(34-2)24(20)36-4)5-6-16-7-12-19(30)23(35-3)22(16)29-38(31,32)18-10-8-17(9-11-18)37-25(26,27)28/h5-14,29-30H,1-4H3/b6-5-. The molecule has 0 heterocycles. The molecule has 0 amide bonds. The number of benzene rings is 3. The lowest BCUT2D eigenvalue weighted by molar-refractivity contribution is -0.274. The van der Waals surface area contributed by atoms with Crippen molar-refractivity contribution in [3.05, 3.63) is 59.7 Å². The molecule has 3 aromatic carbocycles. The Morgan fingerprint density at radius 3 is 1.89 bits per heavy atom. The predicted molar refractivity (Wildman–Crippen MR) is 134 cm³/mol.